The Balaban J connectivity index is 1.79. The monoisotopic (exact) mass is 291 g/mol. The Labute approximate surface area is 126 Å². The van der Waals surface area contributed by atoms with E-state index in [9.17, 15) is 4.79 Å². The summed E-state index contributed by atoms with van der Waals surface area (Å²) in [7, 11) is 0. The van der Waals surface area contributed by atoms with Crippen molar-refractivity contribution in [3.8, 4) is 0 Å². The lowest BCUT2D eigenvalue weighted by Gasteiger charge is -2.26. The maximum atomic E-state index is 11.7. The van der Waals surface area contributed by atoms with E-state index in [4.69, 9.17) is 10.5 Å². The number of rotatable bonds is 6. The van der Waals surface area contributed by atoms with Crippen molar-refractivity contribution in [2.24, 2.45) is 5.73 Å². The lowest BCUT2D eigenvalue weighted by Crippen LogP contribution is -2.37. The van der Waals surface area contributed by atoms with Crippen molar-refractivity contribution in [1.29, 1.82) is 0 Å². The molecule has 1 aromatic carbocycles. The Kier molecular flexibility index (Phi) is 6.17. The van der Waals surface area contributed by atoms with E-state index in [2.05, 4.69) is 22.3 Å². The summed E-state index contributed by atoms with van der Waals surface area (Å²) in [5.41, 5.74) is 7.78. The van der Waals surface area contributed by atoms with Crippen LogP contribution in [0.25, 0.3) is 0 Å². The van der Waals surface area contributed by atoms with Gasteiger partial charge in [0.25, 0.3) is 0 Å². The minimum absolute atomic E-state index is 0.126. The van der Waals surface area contributed by atoms with Gasteiger partial charge in [0, 0.05) is 25.3 Å². The first-order chi connectivity index (χ1) is 10.2. The maximum Gasteiger partial charge on any atom is 0.241 e. The molecule has 1 fully saturated rings. The number of carbonyl (C=O) groups is 1. The molecule has 1 heterocycles. The normalized spacial score (nSPS) is 17.4. The Bertz CT molecular complexity index is 441. The number of nitrogens with two attached hydrogens (primary N) is 1. The first-order valence-corrected chi connectivity index (χ1v) is 7.64. The molecule has 3 N–H and O–H groups in total. The molecule has 2 rings (SSSR count). The number of amides is 1. The number of benzene rings is 1. The molecular formula is C16H25N3O2. The van der Waals surface area contributed by atoms with Gasteiger partial charge in [0.15, 0.2) is 0 Å². The zero-order valence-corrected chi connectivity index (χ0v) is 12.7. The number of morpholine rings is 1. The number of nitrogens with one attached hydrogen (secondary N) is 1. The van der Waals surface area contributed by atoms with Gasteiger partial charge in [-0.15, -0.1) is 0 Å². The summed E-state index contributed by atoms with van der Waals surface area (Å²) in [4.78, 5) is 14.1. The van der Waals surface area contributed by atoms with Crippen LogP contribution in [0.5, 0.6) is 0 Å². The van der Waals surface area contributed by atoms with Gasteiger partial charge in [-0.3, -0.25) is 9.69 Å². The van der Waals surface area contributed by atoms with Crippen LogP contribution in [0.3, 0.4) is 0 Å². The molecule has 0 bridgehead atoms. The summed E-state index contributed by atoms with van der Waals surface area (Å²) in [6.45, 7) is 6.66. The molecule has 5 nitrogen and oxygen atoms in total. The van der Waals surface area contributed by atoms with Crippen molar-refractivity contribution >= 4 is 11.6 Å². The first kappa shape index (κ1) is 15.9. The van der Waals surface area contributed by atoms with E-state index in [-0.39, 0.29) is 5.91 Å². The topological polar surface area (TPSA) is 67.6 Å². The molecule has 116 valence electrons. The fourth-order valence-electron chi connectivity index (χ4n) is 2.29. The molecule has 1 amide bonds. The first-order valence-electron chi connectivity index (χ1n) is 7.64. The van der Waals surface area contributed by atoms with Crippen molar-refractivity contribution in [2.75, 3.05) is 38.2 Å². The highest BCUT2D eigenvalue weighted by Crippen LogP contribution is 2.11. The van der Waals surface area contributed by atoms with Crippen molar-refractivity contribution in [3.63, 3.8) is 0 Å². The summed E-state index contributed by atoms with van der Waals surface area (Å²) >= 11 is 0. The summed E-state index contributed by atoms with van der Waals surface area (Å²) in [6.07, 6.45) is 1.66. The van der Waals surface area contributed by atoms with Crippen LogP contribution < -0.4 is 11.1 Å². The highest BCUT2D eigenvalue weighted by Gasteiger charge is 2.11. The zero-order chi connectivity index (χ0) is 15.1. The van der Waals surface area contributed by atoms with E-state index in [1.54, 1.807) is 0 Å². The van der Waals surface area contributed by atoms with Crippen LogP contribution in [0.15, 0.2) is 24.3 Å². The molecule has 21 heavy (non-hydrogen) atoms. The smallest absolute Gasteiger partial charge is 0.241 e. The van der Waals surface area contributed by atoms with Crippen molar-refractivity contribution in [3.05, 3.63) is 29.8 Å². The van der Waals surface area contributed by atoms with Crippen LogP contribution in [0.4, 0.5) is 5.69 Å². The van der Waals surface area contributed by atoms with E-state index in [1.807, 2.05) is 19.1 Å². The Hall–Kier alpha value is -1.43. The van der Waals surface area contributed by atoms with Gasteiger partial charge < -0.3 is 15.8 Å². The third-order valence-electron chi connectivity index (χ3n) is 3.82. The molecule has 0 spiro atoms. The van der Waals surface area contributed by atoms with Gasteiger partial charge in [-0.2, -0.15) is 0 Å². The molecule has 0 aliphatic carbocycles. The SMILES string of the molecule is CC[C@H](N)C(=O)Nc1ccc(CCN2CCOCC2)cc1. The number of nitrogens with zero attached hydrogens (tertiary/aromatic N) is 1. The second kappa shape index (κ2) is 8.12. The van der Waals surface area contributed by atoms with E-state index < -0.39 is 6.04 Å². The molecular weight excluding hydrogens is 266 g/mol. The van der Waals surface area contributed by atoms with Gasteiger partial charge in [0.2, 0.25) is 5.91 Å². The minimum atomic E-state index is -0.439. The fourth-order valence-corrected chi connectivity index (χ4v) is 2.29. The quantitative estimate of drug-likeness (QED) is 0.827. The average Bonchev–Trinajstić information content (AvgIpc) is 2.54. The summed E-state index contributed by atoms with van der Waals surface area (Å²) < 4.78 is 5.34. The second-order valence-corrected chi connectivity index (χ2v) is 5.40. The molecule has 0 aromatic heterocycles. The lowest BCUT2D eigenvalue weighted by atomic mass is 10.1. The average molecular weight is 291 g/mol. The number of ether oxygens (including phenoxy) is 1. The van der Waals surface area contributed by atoms with Gasteiger partial charge in [0.05, 0.1) is 19.3 Å². The molecule has 1 aliphatic rings. The molecule has 1 saturated heterocycles. The van der Waals surface area contributed by atoms with Gasteiger partial charge >= 0.3 is 0 Å². The second-order valence-electron chi connectivity index (χ2n) is 5.40. The maximum absolute atomic E-state index is 11.7. The number of hydrogen-bond acceptors (Lipinski definition) is 4. The summed E-state index contributed by atoms with van der Waals surface area (Å²) in [5.74, 6) is -0.126. The van der Waals surface area contributed by atoms with Gasteiger partial charge in [-0.25, -0.2) is 0 Å². The molecule has 5 heteroatoms. The highest BCUT2D eigenvalue weighted by atomic mass is 16.5. The van der Waals surface area contributed by atoms with Gasteiger partial charge in [-0.1, -0.05) is 19.1 Å². The van der Waals surface area contributed by atoms with E-state index in [0.29, 0.717) is 6.42 Å². The van der Waals surface area contributed by atoms with E-state index in [0.717, 1.165) is 45.0 Å². The molecule has 1 aliphatic heterocycles. The minimum Gasteiger partial charge on any atom is -0.379 e. The van der Waals surface area contributed by atoms with Crippen molar-refractivity contribution in [1.82, 2.24) is 4.90 Å². The molecule has 0 unspecified atom stereocenters. The Morgan fingerprint density at radius 1 is 1.33 bits per heavy atom. The summed E-state index contributed by atoms with van der Waals surface area (Å²) in [5, 5.41) is 2.83. The molecule has 0 saturated carbocycles. The summed E-state index contributed by atoms with van der Waals surface area (Å²) in [6, 6.07) is 7.57. The number of hydrogen-bond donors (Lipinski definition) is 2. The van der Waals surface area contributed by atoms with E-state index in [1.165, 1.54) is 5.56 Å². The van der Waals surface area contributed by atoms with Crippen LogP contribution in [0, 0.1) is 0 Å². The molecule has 0 radical (unpaired) electrons. The number of carbonyl (C=O) groups excluding carboxylic acids is 1. The predicted octanol–water partition coefficient (Wildman–Crippen LogP) is 1.24. The highest BCUT2D eigenvalue weighted by molar-refractivity contribution is 5.94. The standard InChI is InChI=1S/C16H25N3O2/c1-2-15(17)16(20)18-14-5-3-13(4-6-14)7-8-19-9-11-21-12-10-19/h3-6,15H,2,7-12,17H2,1H3,(H,18,20)/t15-/m0/s1. The van der Waals surface area contributed by atoms with Gasteiger partial charge in [-0.05, 0) is 30.5 Å². The zero-order valence-electron chi connectivity index (χ0n) is 12.7. The van der Waals surface area contributed by atoms with Crippen molar-refractivity contribution < 1.29 is 9.53 Å². The number of anilines is 1. The Morgan fingerprint density at radius 3 is 2.62 bits per heavy atom. The fraction of sp³-hybridized carbons (Fsp3) is 0.562. The van der Waals surface area contributed by atoms with Crippen LogP contribution in [-0.4, -0.2) is 49.7 Å². The van der Waals surface area contributed by atoms with Crippen molar-refractivity contribution in [2.45, 2.75) is 25.8 Å². The lowest BCUT2D eigenvalue weighted by molar-refractivity contribution is -0.117. The Morgan fingerprint density at radius 2 is 2.00 bits per heavy atom. The van der Waals surface area contributed by atoms with Crippen LogP contribution in [0.1, 0.15) is 18.9 Å². The third kappa shape index (κ3) is 5.12. The van der Waals surface area contributed by atoms with Crippen LogP contribution in [0.2, 0.25) is 0 Å². The van der Waals surface area contributed by atoms with E-state index >= 15 is 0 Å². The largest absolute Gasteiger partial charge is 0.379 e. The molecule has 1 aromatic rings. The van der Waals surface area contributed by atoms with Crippen LogP contribution in [-0.2, 0) is 16.0 Å². The predicted molar refractivity (Wildman–Crippen MR) is 84.3 cm³/mol. The molecule has 1 atom stereocenters. The van der Waals surface area contributed by atoms with Gasteiger partial charge in [0.1, 0.15) is 0 Å². The third-order valence-corrected chi connectivity index (χ3v) is 3.82. The van der Waals surface area contributed by atoms with Crippen LogP contribution >= 0.6 is 0 Å².